The van der Waals surface area contributed by atoms with Crippen LogP contribution in [-0.2, 0) is 6.42 Å². The fourth-order valence-electron chi connectivity index (χ4n) is 2.31. The number of hydrogen-bond acceptors (Lipinski definition) is 3. The molecule has 2 nitrogen and oxygen atoms in total. The van der Waals surface area contributed by atoms with Gasteiger partial charge >= 0.3 is 11.7 Å². The van der Waals surface area contributed by atoms with Gasteiger partial charge in [0.1, 0.15) is 11.9 Å². The van der Waals surface area contributed by atoms with Crippen LogP contribution in [-0.4, -0.2) is 29.3 Å². The van der Waals surface area contributed by atoms with E-state index in [1.165, 1.54) is 0 Å². The maximum Gasteiger partial charge on any atom is 0.446 e. The lowest BCUT2D eigenvalue weighted by molar-refractivity contribution is -0.176. The number of thioether (sulfide) groups is 1. The summed E-state index contributed by atoms with van der Waals surface area (Å²) in [4.78, 5) is -0.636. The summed E-state index contributed by atoms with van der Waals surface area (Å²) in [5.74, 6) is -6.04. The molecule has 25 heavy (non-hydrogen) atoms. The molecule has 0 saturated carbocycles. The molecular weight excluding hydrogens is 384 g/mol. The van der Waals surface area contributed by atoms with E-state index in [1.807, 2.05) is 0 Å². The van der Waals surface area contributed by atoms with E-state index in [4.69, 9.17) is 4.74 Å². The van der Waals surface area contributed by atoms with Crippen LogP contribution in [0.5, 0.6) is 5.75 Å². The first kappa shape index (κ1) is 20.1. The Morgan fingerprint density at radius 1 is 1.24 bits per heavy atom. The molecule has 0 aliphatic heterocycles. The highest BCUT2D eigenvalue weighted by molar-refractivity contribution is 8.00. The summed E-state index contributed by atoms with van der Waals surface area (Å²) in [6, 6.07) is 1.71. The number of ether oxygens (including phenoxy) is 1. The molecule has 1 aliphatic carbocycles. The standard InChI is InChI=1S/C14H12F8O2S/c1-6(13(17,18)19)5-24-8-2-3-9(25-14(20,21)22)10-7(8)4-12(15,16)11(10)23/h2-3,6,11,23H,4-5H2,1H3/t6?,11-/m0/s1. The zero-order chi connectivity index (χ0) is 19.2. The van der Waals surface area contributed by atoms with Gasteiger partial charge in [-0.25, -0.2) is 8.78 Å². The van der Waals surface area contributed by atoms with Gasteiger partial charge in [0.2, 0.25) is 0 Å². The number of halogens is 8. The molecule has 1 aliphatic rings. The van der Waals surface area contributed by atoms with Crippen molar-refractivity contribution < 1.29 is 45.0 Å². The molecule has 0 saturated heterocycles. The molecule has 0 heterocycles. The number of hydrogen-bond donors (Lipinski definition) is 1. The Hall–Kier alpha value is -1.23. The minimum absolute atomic E-state index is 0.395. The van der Waals surface area contributed by atoms with E-state index in [1.54, 1.807) is 0 Å². The maximum atomic E-state index is 13.7. The van der Waals surface area contributed by atoms with Crippen LogP contribution in [0.3, 0.4) is 0 Å². The van der Waals surface area contributed by atoms with Gasteiger partial charge in [0.25, 0.3) is 5.92 Å². The Kier molecular flexibility index (Phi) is 5.22. The second kappa shape index (κ2) is 6.49. The molecule has 1 N–H and O–H groups in total. The van der Waals surface area contributed by atoms with Gasteiger partial charge in [-0.2, -0.15) is 26.3 Å². The van der Waals surface area contributed by atoms with Crippen LogP contribution in [0.15, 0.2) is 17.0 Å². The van der Waals surface area contributed by atoms with Crippen molar-refractivity contribution in [3.63, 3.8) is 0 Å². The van der Waals surface area contributed by atoms with E-state index < -0.39 is 76.2 Å². The van der Waals surface area contributed by atoms with Crippen molar-refractivity contribution in [2.75, 3.05) is 6.61 Å². The summed E-state index contributed by atoms with van der Waals surface area (Å²) in [6.07, 6.45) is -8.18. The molecule has 11 heteroatoms. The van der Waals surface area contributed by atoms with Crippen molar-refractivity contribution in [1.29, 1.82) is 0 Å². The first-order valence-corrected chi connectivity index (χ1v) is 7.71. The molecule has 1 aromatic rings. The average molecular weight is 396 g/mol. The molecule has 0 spiro atoms. The predicted molar refractivity (Wildman–Crippen MR) is 72.7 cm³/mol. The third kappa shape index (κ3) is 4.49. The van der Waals surface area contributed by atoms with Crippen molar-refractivity contribution in [1.82, 2.24) is 0 Å². The number of aliphatic hydroxyl groups excluding tert-OH is 1. The van der Waals surface area contributed by atoms with Gasteiger partial charge in [0.15, 0.2) is 0 Å². The lowest BCUT2D eigenvalue weighted by Crippen LogP contribution is -2.26. The van der Waals surface area contributed by atoms with Crippen molar-refractivity contribution >= 4 is 11.8 Å². The quantitative estimate of drug-likeness (QED) is 0.567. The van der Waals surface area contributed by atoms with Crippen LogP contribution in [0.1, 0.15) is 24.2 Å². The minimum Gasteiger partial charge on any atom is -0.493 e. The average Bonchev–Trinajstić information content (AvgIpc) is 2.66. The number of aliphatic hydroxyl groups is 1. The summed E-state index contributed by atoms with van der Waals surface area (Å²) in [5.41, 5.74) is -5.86. The zero-order valence-corrected chi connectivity index (χ0v) is 13.3. The van der Waals surface area contributed by atoms with Gasteiger partial charge in [0, 0.05) is 22.4 Å². The first-order chi connectivity index (χ1) is 11.2. The van der Waals surface area contributed by atoms with E-state index in [9.17, 15) is 40.2 Å². The Labute approximate surface area is 141 Å². The summed E-state index contributed by atoms with van der Waals surface area (Å²) in [6.45, 7) is -0.0685. The monoisotopic (exact) mass is 396 g/mol. The highest BCUT2D eigenvalue weighted by Gasteiger charge is 2.50. The molecule has 0 amide bonds. The molecule has 2 atom stereocenters. The Morgan fingerprint density at radius 2 is 1.84 bits per heavy atom. The van der Waals surface area contributed by atoms with E-state index >= 15 is 0 Å². The van der Waals surface area contributed by atoms with Crippen LogP contribution >= 0.6 is 11.8 Å². The highest BCUT2D eigenvalue weighted by Crippen LogP contribution is 2.52. The van der Waals surface area contributed by atoms with Gasteiger partial charge < -0.3 is 9.84 Å². The third-order valence-electron chi connectivity index (χ3n) is 3.63. The van der Waals surface area contributed by atoms with Crippen LogP contribution in [0.2, 0.25) is 0 Å². The van der Waals surface area contributed by atoms with Crippen molar-refractivity contribution in [2.24, 2.45) is 5.92 Å². The van der Waals surface area contributed by atoms with Gasteiger partial charge in [-0.1, -0.05) is 6.92 Å². The summed E-state index contributed by atoms with van der Waals surface area (Å²) < 4.78 is 108. The van der Waals surface area contributed by atoms with Crippen molar-refractivity contribution in [2.45, 2.75) is 42.0 Å². The molecule has 1 unspecified atom stereocenters. The second-order valence-electron chi connectivity index (χ2n) is 5.60. The normalized spacial score (nSPS) is 21.1. The lowest BCUT2D eigenvalue weighted by atomic mass is 10.1. The summed E-state index contributed by atoms with van der Waals surface area (Å²) in [5, 5.41) is 9.65. The van der Waals surface area contributed by atoms with E-state index in [-0.39, 0.29) is 0 Å². The molecule has 0 fully saturated rings. The smallest absolute Gasteiger partial charge is 0.446 e. The molecular formula is C14H12F8O2S. The zero-order valence-electron chi connectivity index (χ0n) is 12.5. The number of benzene rings is 1. The Bertz CT molecular complexity index is 641. The van der Waals surface area contributed by atoms with Crippen molar-refractivity contribution in [3.05, 3.63) is 23.3 Å². The highest BCUT2D eigenvalue weighted by atomic mass is 32.2. The number of alkyl halides is 8. The lowest BCUT2D eigenvalue weighted by Gasteiger charge is -2.19. The summed E-state index contributed by atoms with van der Waals surface area (Å²) in [7, 11) is 0. The largest absolute Gasteiger partial charge is 0.493 e. The molecule has 2 rings (SSSR count). The van der Waals surface area contributed by atoms with Crippen LogP contribution in [0.25, 0.3) is 0 Å². The van der Waals surface area contributed by atoms with Gasteiger partial charge in [-0.05, 0) is 23.9 Å². The van der Waals surface area contributed by atoms with E-state index in [0.717, 1.165) is 19.1 Å². The van der Waals surface area contributed by atoms with E-state index in [2.05, 4.69) is 0 Å². The molecule has 0 bridgehead atoms. The van der Waals surface area contributed by atoms with Crippen molar-refractivity contribution in [3.8, 4) is 5.75 Å². The fourth-order valence-corrected chi connectivity index (χ4v) is 3.04. The van der Waals surface area contributed by atoms with Gasteiger partial charge in [0.05, 0.1) is 12.5 Å². The number of rotatable bonds is 4. The SMILES string of the molecule is CC(COc1ccc(SC(F)(F)F)c2c1CC(F)(F)[C@H]2O)C(F)(F)F. The molecule has 0 radical (unpaired) electrons. The Morgan fingerprint density at radius 3 is 2.36 bits per heavy atom. The maximum absolute atomic E-state index is 13.7. The minimum atomic E-state index is -4.78. The topological polar surface area (TPSA) is 29.5 Å². The fraction of sp³-hybridized carbons (Fsp3) is 0.571. The van der Waals surface area contributed by atoms with Gasteiger partial charge in [-0.15, -0.1) is 0 Å². The summed E-state index contributed by atoms with van der Waals surface area (Å²) >= 11 is -0.681. The van der Waals surface area contributed by atoms with Crippen LogP contribution in [0, 0.1) is 5.92 Å². The number of fused-ring (bicyclic) bond motifs is 1. The predicted octanol–water partition coefficient (Wildman–Crippen LogP) is 5.10. The Balaban J connectivity index is 2.36. The van der Waals surface area contributed by atoms with Gasteiger partial charge in [-0.3, -0.25) is 0 Å². The first-order valence-electron chi connectivity index (χ1n) is 6.89. The van der Waals surface area contributed by atoms with Crippen LogP contribution in [0.4, 0.5) is 35.1 Å². The molecule has 1 aromatic carbocycles. The van der Waals surface area contributed by atoms with E-state index in [0.29, 0.717) is 0 Å². The third-order valence-corrected chi connectivity index (χ3v) is 4.44. The van der Waals surface area contributed by atoms with Crippen LogP contribution < -0.4 is 4.74 Å². The molecule has 0 aromatic heterocycles. The second-order valence-corrected chi connectivity index (χ2v) is 6.70. The molecule has 142 valence electrons.